The zero-order valence-corrected chi connectivity index (χ0v) is 18.5. The number of imidazole rings is 1. The van der Waals surface area contributed by atoms with E-state index in [9.17, 15) is 14.7 Å². The molecule has 5 rings (SSSR count). The van der Waals surface area contributed by atoms with Crippen molar-refractivity contribution in [2.75, 3.05) is 39.3 Å². The van der Waals surface area contributed by atoms with E-state index >= 15 is 0 Å². The first kappa shape index (κ1) is 21.9. The first-order valence-corrected chi connectivity index (χ1v) is 11.2. The lowest BCUT2D eigenvalue weighted by molar-refractivity contribution is 0.0615. The van der Waals surface area contributed by atoms with Crippen molar-refractivity contribution < 1.29 is 15.0 Å². The summed E-state index contributed by atoms with van der Waals surface area (Å²) in [6.07, 6.45) is 1.57. The van der Waals surface area contributed by atoms with Gasteiger partial charge in [-0.15, -0.1) is 0 Å². The summed E-state index contributed by atoms with van der Waals surface area (Å²) >= 11 is 0. The van der Waals surface area contributed by atoms with Gasteiger partial charge < -0.3 is 25.1 Å². The molecule has 0 radical (unpaired) electrons. The fourth-order valence-corrected chi connectivity index (χ4v) is 4.31. The number of phenolic OH excluding ortho intramolecular Hbond substituents is 1. The Hall–Kier alpha value is -3.95. The predicted octanol–water partition coefficient (Wildman–Crippen LogP) is 2.04. The predicted molar refractivity (Wildman–Crippen MR) is 129 cm³/mol. The van der Waals surface area contributed by atoms with Crippen LogP contribution in [0.5, 0.6) is 5.75 Å². The second-order valence-electron chi connectivity index (χ2n) is 8.32. The molecule has 9 nitrogen and oxygen atoms in total. The number of aromatic amines is 2. The maximum Gasteiger partial charge on any atom is 0.255 e. The van der Waals surface area contributed by atoms with Crippen molar-refractivity contribution in [3.05, 3.63) is 70.6 Å². The number of aliphatic hydroxyl groups is 1. The highest BCUT2D eigenvalue weighted by atomic mass is 16.3. The number of amides is 1. The Morgan fingerprint density at radius 2 is 1.85 bits per heavy atom. The fraction of sp³-hybridized carbons (Fsp3) is 0.240. The van der Waals surface area contributed by atoms with Crippen molar-refractivity contribution in [1.29, 1.82) is 0 Å². The minimum atomic E-state index is -0.218. The van der Waals surface area contributed by atoms with Crippen molar-refractivity contribution in [3.8, 4) is 28.3 Å². The summed E-state index contributed by atoms with van der Waals surface area (Å²) in [6, 6.07) is 13.7. The molecule has 2 aromatic heterocycles. The van der Waals surface area contributed by atoms with E-state index in [2.05, 4.69) is 19.9 Å². The minimum absolute atomic E-state index is 0.0345. The molecule has 1 aliphatic heterocycles. The van der Waals surface area contributed by atoms with Crippen molar-refractivity contribution >= 4 is 16.9 Å². The van der Waals surface area contributed by atoms with Gasteiger partial charge in [0.2, 0.25) is 0 Å². The largest absolute Gasteiger partial charge is 0.507 e. The van der Waals surface area contributed by atoms with Crippen LogP contribution in [0, 0.1) is 0 Å². The maximum absolute atomic E-state index is 13.0. The third-order valence-corrected chi connectivity index (χ3v) is 6.19. The number of nitrogens with one attached hydrogen (secondary N) is 2. The van der Waals surface area contributed by atoms with Gasteiger partial charge in [-0.3, -0.25) is 14.5 Å². The summed E-state index contributed by atoms with van der Waals surface area (Å²) < 4.78 is 0. The number of hydrogen-bond donors (Lipinski definition) is 4. The van der Waals surface area contributed by atoms with E-state index in [1.807, 2.05) is 4.90 Å². The van der Waals surface area contributed by atoms with Crippen LogP contribution in [0.4, 0.5) is 0 Å². The van der Waals surface area contributed by atoms with E-state index in [1.165, 1.54) is 6.07 Å². The third-order valence-electron chi connectivity index (χ3n) is 6.19. The van der Waals surface area contributed by atoms with Gasteiger partial charge in [0, 0.05) is 50.0 Å². The Kier molecular flexibility index (Phi) is 5.87. The number of β-amino-alcohol motifs (C(OH)–C–C–N with tert-alkyl or cyclic N) is 1. The smallest absolute Gasteiger partial charge is 0.255 e. The highest BCUT2D eigenvalue weighted by molar-refractivity contribution is 5.98. The number of hydrogen-bond acceptors (Lipinski definition) is 6. The Bertz CT molecular complexity index is 1400. The number of fused-ring (bicyclic) bond motifs is 1. The molecular weight excluding hydrogens is 434 g/mol. The molecule has 0 unspecified atom stereocenters. The highest BCUT2D eigenvalue weighted by Gasteiger charge is 2.22. The van der Waals surface area contributed by atoms with Crippen molar-refractivity contribution in [2.45, 2.75) is 0 Å². The zero-order valence-electron chi connectivity index (χ0n) is 18.5. The van der Waals surface area contributed by atoms with Crippen LogP contribution >= 0.6 is 0 Å². The van der Waals surface area contributed by atoms with Crippen LogP contribution in [0.1, 0.15) is 10.4 Å². The lowest BCUT2D eigenvalue weighted by Gasteiger charge is -2.34. The van der Waals surface area contributed by atoms with Crippen molar-refractivity contribution in [1.82, 2.24) is 24.8 Å². The molecule has 3 heterocycles. The molecular formula is C25H25N5O4. The van der Waals surface area contributed by atoms with Crippen LogP contribution in [0.15, 0.2) is 59.5 Å². The van der Waals surface area contributed by atoms with Gasteiger partial charge >= 0.3 is 0 Å². The van der Waals surface area contributed by atoms with Gasteiger partial charge in [-0.1, -0.05) is 6.07 Å². The molecule has 9 heteroatoms. The van der Waals surface area contributed by atoms with E-state index in [0.717, 1.165) is 13.1 Å². The molecule has 4 aromatic rings. The topological polar surface area (TPSA) is 126 Å². The molecule has 1 fully saturated rings. The first-order valence-electron chi connectivity index (χ1n) is 11.2. The van der Waals surface area contributed by atoms with Crippen LogP contribution in [0.2, 0.25) is 0 Å². The van der Waals surface area contributed by atoms with Crippen molar-refractivity contribution in [3.63, 3.8) is 0 Å². The van der Waals surface area contributed by atoms with Gasteiger partial charge in [0.05, 0.1) is 23.2 Å². The second kappa shape index (κ2) is 9.12. The van der Waals surface area contributed by atoms with Gasteiger partial charge in [0.1, 0.15) is 11.6 Å². The molecule has 0 saturated carbocycles. The number of H-pyrrole nitrogens is 2. The number of carbonyl (C=O) groups excluding carboxylic acids is 1. The molecule has 2 aromatic carbocycles. The average molecular weight is 460 g/mol. The van der Waals surface area contributed by atoms with E-state index in [4.69, 9.17) is 5.11 Å². The molecule has 174 valence electrons. The number of aliphatic hydroxyl groups excluding tert-OH is 1. The van der Waals surface area contributed by atoms with Crippen LogP contribution in [-0.2, 0) is 0 Å². The third kappa shape index (κ3) is 4.18. The van der Waals surface area contributed by atoms with E-state index in [0.29, 0.717) is 58.7 Å². The molecule has 1 saturated heterocycles. The molecule has 0 aliphatic carbocycles. The first-order chi connectivity index (χ1) is 16.5. The molecule has 4 N–H and O–H groups in total. The summed E-state index contributed by atoms with van der Waals surface area (Å²) in [5.41, 5.74) is 3.31. The molecule has 0 spiro atoms. The maximum atomic E-state index is 13.0. The number of aromatic nitrogens is 3. The van der Waals surface area contributed by atoms with E-state index < -0.39 is 0 Å². The minimum Gasteiger partial charge on any atom is -0.507 e. The SMILES string of the molecule is O=C(c1ccc2nc(-c3cc(-c4ccc[nH]c4=O)ccc3O)[nH]c2c1)N1CCN(CCO)CC1. The summed E-state index contributed by atoms with van der Waals surface area (Å²) in [4.78, 5) is 39.6. The number of benzene rings is 2. The summed E-state index contributed by atoms with van der Waals surface area (Å²) in [5, 5.41) is 19.6. The number of phenols is 1. The van der Waals surface area contributed by atoms with Gasteiger partial charge in [-0.25, -0.2) is 4.98 Å². The second-order valence-corrected chi connectivity index (χ2v) is 8.32. The van der Waals surface area contributed by atoms with Crippen LogP contribution in [-0.4, -0.2) is 80.2 Å². The molecule has 34 heavy (non-hydrogen) atoms. The monoisotopic (exact) mass is 459 g/mol. The molecule has 1 amide bonds. The van der Waals surface area contributed by atoms with E-state index in [-0.39, 0.29) is 23.8 Å². The van der Waals surface area contributed by atoms with Gasteiger partial charge in [-0.2, -0.15) is 0 Å². The van der Waals surface area contributed by atoms with Crippen LogP contribution in [0.25, 0.3) is 33.5 Å². The standard InChI is InChI=1S/C25H25N5O4/c31-13-12-29-8-10-30(11-9-29)25(34)17-3-5-20-21(15-17)28-23(27-20)19-14-16(4-6-22(19)32)18-2-1-7-26-24(18)33/h1-7,14-15,31-32H,8-13H2,(H,26,33)(H,27,28). The Morgan fingerprint density at radius 1 is 1.03 bits per heavy atom. The Labute approximate surface area is 195 Å². The number of piperazine rings is 1. The number of nitrogens with zero attached hydrogens (tertiary/aromatic N) is 3. The molecule has 0 atom stereocenters. The quantitative estimate of drug-likeness (QED) is 0.362. The summed E-state index contributed by atoms with van der Waals surface area (Å²) in [6.45, 7) is 3.45. The zero-order chi connectivity index (χ0) is 23.7. The van der Waals surface area contributed by atoms with Crippen LogP contribution in [0.3, 0.4) is 0 Å². The normalized spacial score (nSPS) is 14.6. The Balaban J connectivity index is 1.43. The molecule has 0 bridgehead atoms. The summed E-state index contributed by atoms with van der Waals surface area (Å²) in [5.74, 6) is 0.436. The lowest BCUT2D eigenvalue weighted by Crippen LogP contribution is -2.49. The summed E-state index contributed by atoms with van der Waals surface area (Å²) in [7, 11) is 0. The molecule has 1 aliphatic rings. The number of pyridine rings is 1. The Morgan fingerprint density at radius 3 is 2.62 bits per heavy atom. The lowest BCUT2D eigenvalue weighted by atomic mass is 10.0. The van der Waals surface area contributed by atoms with Crippen LogP contribution < -0.4 is 5.56 Å². The van der Waals surface area contributed by atoms with Gasteiger partial charge in [0.15, 0.2) is 0 Å². The average Bonchev–Trinajstić information content (AvgIpc) is 3.28. The number of carbonyl (C=O) groups is 1. The number of aromatic hydroxyl groups is 1. The van der Waals surface area contributed by atoms with E-state index in [1.54, 1.807) is 48.7 Å². The van der Waals surface area contributed by atoms with Gasteiger partial charge in [0.25, 0.3) is 11.5 Å². The number of rotatable bonds is 5. The highest BCUT2D eigenvalue weighted by Crippen LogP contribution is 2.32. The fourth-order valence-electron chi connectivity index (χ4n) is 4.31. The van der Waals surface area contributed by atoms with Gasteiger partial charge in [-0.05, 0) is 48.0 Å². The van der Waals surface area contributed by atoms with Crippen molar-refractivity contribution in [2.24, 2.45) is 0 Å².